The lowest BCUT2D eigenvalue weighted by atomic mass is 10.1. The highest BCUT2D eigenvalue weighted by Crippen LogP contribution is 2.22. The Labute approximate surface area is 138 Å². The number of pyridine rings is 2. The number of nitrogens with zero attached hydrogens (tertiary/aromatic N) is 2. The van der Waals surface area contributed by atoms with Crippen LogP contribution in [0, 0.1) is 6.92 Å². The van der Waals surface area contributed by atoms with Gasteiger partial charge in [-0.15, -0.1) is 0 Å². The summed E-state index contributed by atoms with van der Waals surface area (Å²) >= 11 is 0. The van der Waals surface area contributed by atoms with Gasteiger partial charge < -0.3 is 15.0 Å². The Morgan fingerprint density at radius 3 is 2.83 bits per heavy atom. The first-order chi connectivity index (χ1) is 11.4. The van der Waals surface area contributed by atoms with Gasteiger partial charge in [0, 0.05) is 25.2 Å². The number of carbonyl (C=O) groups is 1. The number of aliphatic hydroxyl groups is 1. The van der Waals surface area contributed by atoms with Crippen molar-refractivity contribution in [2.24, 2.45) is 7.05 Å². The average Bonchev–Trinajstić information content (AvgIpc) is 2.55. The van der Waals surface area contributed by atoms with Crippen molar-refractivity contribution in [1.29, 1.82) is 0 Å². The molecular weight excluding hydrogens is 306 g/mol. The largest absolute Gasteiger partial charge is 0.392 e. The number of amides is 1. The van der Waals surface area contributed by atoms with Crippen molar-refractivity contribution in [3.63, 3.8) is 0 Å². The van der Waals surface area contributed by atoms with E-state index in [9.17, 15) is 14.7 Å². The van der Waals surface area contributed by atoms with Crippen LogP contribution in [0.1, 0.15) is 22.8 Å². The van der Waals surface area contributed by atoms with Crippen molar-refractivity contribution in [2.75, 3.05) is 6.54 Å². The average molecular weight is 325 g/mol. The highest BCUT2D eigenvalue weighted by atomic mass is 16.3. The lowest BCUT2D eigenvalue weighted by Gasteiger charge is -2.12. The maximum atomic E-state index is 12.5. The van der Waals surface area contributed by atoms with Crippen LogP contribution in [0.5, 0.6) is 0 Å². The fraction of sp³-hybridized carbons (Fsp3) is 0.278. The molecule has 1 amide bonds. The second-order valence-corrected chi connectivity index (χ2v) is 6.05. The third kappa shape index (κ3) is 2.76. The lowest BCUT2D eigenvalue weighted by molar-refractivity contribution is 0.0925. The molecule has 6 heteroatoms. The minimum absolute atomic E-state index is 0.135. The van der Waals surface area contributed by atoms with Crippen LogP contribution in [0.15, 0.2) is 35.3 Å². The number of carbonyl (C=O) groups excluding carboxylic acids is 1. The van der Waals surface area contributed by atoms with Crippen molar-refractivity contribution in [1.82, 2.24) is 14.9 Å². The third-order valence-electron chi connectivity index (χ3n) is 3.98. The Kier molecular flexibility index (Phi) is 4.07. The molecule has 0 bridgehead atoms. The number of benzene rings is 1. The number of para-hydroxylation sites is 1. The predicted molar refractivity (Wildman–Crippen MR) is 93.2 cm³/mol. The van der Waals surface area contributed by atoms with E-state index >= 15 is 0 Å². The second kappa shape index (κ2) is 6.05. The first-order valence-electron chi connectivity index (χ1n) is 7.74. The molecule has 2 aromatic heterocycles. The van der Waals surface area contributed by atoms with Crippen molar-refractivity contribution in [3.05, 3.63) is 51.9 Å². The number of aliphatic hydroxyl groups excluding tert-OH is 1. The van der Waals surface area contributed by atoms with E-state index in [1.165, 1.54) is 10.8 Å². The number of nitrogens with one attached hydrogen (secondary N) is 1. The van der Waals surface area contributed by atoms with Crippen LogP contribution in [0.2, 0.25) is 0 Å². The summed E-state index contributed by atoms with van der Waals surface area (Å²) < 4.78 is 1.38. The molecule has 2 heterocycles. The van der Waals surface area contributed by atoms with E-state index in [0.29, 0.717) is 16.5 Å². The Morgan fingerprint density at radius 2 is 2.12 bits per heavy atom. The molecule has 3 aromatic rings. The molecule has 0 saturated carbocycles. The van der Waals surface area contributed by atoms with Crippen LogP contribution in [-0.4, -0.2) is 33.2 Å². The zero-order valence-electron chi connectivity index (χ0n) is 13.8. The van der Waals surface area contributed by atoms with Gasteiger partial charge in [-0.3, -0.25) is 9.59 Å². The Balaban J connectivity index is 2.29. The summed E-state index contributed by atoms with van der Waals surface area (Å²) in [6, 6.07) is 7.52. The molecule has 3 rings (SSSR count). The molecule has 0 radical (unpaired) electrons. The molecule has 0 aliphatic heterocycles. The van der Waals surface area contributed by atoms with Gasteiger partial charge in [0.05, 0.1) is 28.1 Å². The number of hydrogen-bond acceptors (Lipinski definition) is 4. The van der Waals surface area contributed by atoms with E-state index < -0.39 is 6.10 Å². The van der Waals surface area contributed by atoms with Crippen molar-refractivity contribution >= 4 is 27.7 Å². The van der Waals surface area contributed by atoms with Gasteiger partial charge in [0.2, 0.25) is 0 Å². The van der Waals surface area contributed by atoms with Gasteiger partial charge in [0.1, 0.15) is 0 Å². The normalized spacial score (nSPS) is 12.5. The molecule has 1 atom stereocenters. The Bertz CT molecular complexity index is 1010. The highest BCUT2D eigenvalue weighted by Gasteiger charge is 2.16. The lowest BCUT2D eigenvalue weighted by Crippen LogP contribution is -2.32. The molecule has 1 aromatic carbocycles. The van der Waals surface area contributed by atoms with E-state index in [0.717, 1.165) is 16.5 Å². The summed E-state index contributed by atoms with van der Waals surface area (Å²) in [6.45, 7) is 3.67. The predicted octanol–water partition coefficient (Wildman–Crippen LogP) is 1.51. The van der Waals surface area contributed by atoms with Gasteiger partial charge in [-0.2, -0.15) is 0 Å². The van der Waals surface area contributed by atoms with E-state index in [1.807, 2.05) is 25.1 Å². The Hall–Kier alpha value is -2.73. The molecule has 0 fully saturated rings. The molecule has 0 aliphatic rings. The van der Waals surface area contributed by atoms with Gasteiger partial charge in [-0.05, 0) is 25.5 Å². The highest BCUT2D eigenvalue weighted by molar-refractivity contribution is 6.07. The number of fused-ring (bicyclic) bond motifs is 2. The van der Waals surface area contributed by atoms with E-state index in [4.69, 9.17) is 0 Å². The number of hydrogen-bond donors (Lipinski definition) is 2. The maximum absolute atomic E-state index is 12.5. The van der Waals surface area contributed by atoms with Gasteiger partial charge in [-0.25, -0.2) is 4.98 Å². The molecule has 0 saturated heterocycles. The fourth-order valence-corrected chi connectivity index (χ4v) is 2.72. The molecule has 2 N–H and O–H groups in total. The molecule has 6 nitrogen and oxygen atoms in total. The fourth-order valence-electron chi connectivity index (χ4n) is 2.72. The quantitative estimate of drug-likeness (QED) is 0.715. The SMILES string of the molecule is Cc1cccc2cc3c(=O)n(C)cc(C(=O)NCC(C)O)c3nc12. The van der Waals surface area contributed by atoms with E-state index in [2.05, 4.69) is 10.3 Å². The summed E-state index contributed by atoms with van der Waals surface area (Å²) in [7, 11) is 1.60. The molecule has 0 aliphatic carbocycles. The van der Waals surface area contributed by atoms with Crippen LogP contribution >= 0.6 is 0 Å². The van der Waals surface area contributed by atoms with Crippen molar-refractivity contribution in [2.45, 2.75) is 20.0 Å². The zero-order valence-corrected chi connectivity index (χ0v) is 13.8. The standard InChI is InChI=1S/C18H19N3O3/c1-10-5-4-6-12-7-13-16(20-15(10)12)14(9-21(3)18(13)24)17(23)19-8-11(2)22/h4-7,9,11,22H,8H2,1-3H3,(H,19,23). The van der Waals surface area contributed by atoms with E-state index in [-0.39, 0.29) is 18.0 Å². The van der Waals surface area contributed by atoms with Crippen LogP contribution in [0.3, 0.4) is 0 Å². The van der Waals surface area contributed by atoms with Crippen molar-refractivity contribution in [3.8, 4) is 0 Å². The Morgan fingerprint density at radius 1 is 1.38 bits per heavy atom. The second-order valence-electron chi connectivity index (χ2n) is 6.05. The summed E-state index contributed by atoms with van der Waals surface area (Å²) in [4.78, 5) is 29.5. The van der Waals surface area contributed by atoms with Gasteiger partial charge >= 0.3 is 0 Å². The number of rotatable bonds is 3. The van der Waals surface area contributed by atoms with Crippen LogP contribution < -0.4 is 10.9 Å². The molecule has 0 spiro atoms. The summed E-state index contributed by atoms with van der Waals surface area (Å²) in [5, 5.41) is 13.3. The summed E-state index contributed by atoms with van der Waals surface area (Å²) in [5.74, 6) is -0.364. The summed E-state index contributed by atoms with van der Waals surface area (Å²) in [6.07, 6.45) is 0.836. The monoisotopic (exact) mass is 325 g/mol. The minimum Gasteiger partial charge on any atom is -0.392 e. The summed E-state index contributed by atoms with van der Waals surface area (Å²) in [5.41, 5.74) is 2.24. The van der Waals surface area contributed by atoms with Gasteiger partial charge in [0.25, 0.3) is 11.5 Å². The molecular formula is C18H19N3O3. The van der Waals surface area contributed by atoms with E-state index in [1.54, 1.807) is 20.0 Å². The smallest absolute Gasteiger partial charge is 0.259 e. The third-order valence-corrected chi connectivity index (χ3v) is 3.98. The first-order valence-corrected chi connectivity index (χ1v) is 7.74. The van der Waals surface area contributed by atoms with Crippen LogP contribution in [-0.2, 0) is 7.05 Å². The minimum atomic E-state index is -0.649. The first kappa shape index (κ1) is 16.1. The molecule has 24 heavy (non-hydrogen) atoms. The van der Waals surface area contributed by atoms with Crippen LogP contribution in [0.25, 0.3) is 21.8 Å². The van der Waals surface area contributed by atoms with Crippen molar-refractivity contribution < 1.29 is 9.90 Å². The number of aryl methyl sites for hydroxylation is 2. The number of aromatic nitrogens is 2. The zero-order chi connectivity index (χ0) is 17.4. The van der Waals surface area contributed by atoms with Gasteiger partial charge in [0.15, 0.2) is 0 Å². The topological polar surface area (TPSA) is 84.2 Å². The van der Waals surface area contributed by atoms with Gasteiger partial charge in [-0.1, -0.05) is 18.2 Å². The molecule has 1 unspecified atom stereocenters. The maximum Gasteiger partial charge on any atom is 0.259 e. The molecule has 124 valence electrons. The van der Waals surface area contributed by atoms with Crippen LogP contribution in [0.4, 0.5) is 0 Å².